The van der Waals surface area contributed by atoms with Gasteiger partial charge >= 0.3 is 0 Å². The van der Waals surface area contributed by atoms with Crippen molar-refractivity contribution in [3.05, 3.63) is 47.2 Å². The lowest BCUT2D eigenvalue weighted by molar-refractivity contribution is -0.118. The van der Waals surface area contributed by atoms with Crippen LogP contribution in [0.1, 0.15) is 6.42 Å². The molecule has 1 heterocycles. The third kappa shape index (κ3) is 4.55. The number of carbonyl (C=O) groups excluding carboxylic acids is 2. The molecule has 142 valence electrons. The fourth-order valence-electron chi connectivity index (χ4n) is 2.45. The van der Waals surface area contributed by atoms with Gasteiger partial charge in [-0.05, 0) is 24.3 Å². The Morgan fingerprint density at radius 1 is 1.30 bits per heavy atom. The number of amides is 2. The molecule has 0 radical (unpaired) electrons. The topological polar surface area (TPSA) is 102 Å². The van der Waals surface area contributed by atoms with Crippen LogP contribution in [0.15, 0.2) is 41.3 Å². The minimum Gasteiger partial charge on any atom is -0.482 e. The Kier molecular flexibility index (Phi) is 5.33. The molecule has 10 heteroatoms. The number of hydrogen-bond donors (Lipinski definition) is 2. The van der Waals surface area contributed by atoms with Crippen molar-refractivity contribution in [1.82, 2.24) is 0 Å². The maximum Gasteiger partial charge on any atom is 0.262 e. The van der Waals surface area contributed by atoms with Crippen LogP contribution in [0, 0.1) is 5.82 Å². The van der Waals surface area contributed by atoms with Gasteiger partial charge < -0.3 is 15.4 Å². The minimum absolute atomic E-state index is 0.0925. The Hall–Kier alpha value is -2.65. The summed E-state index contributed by atoms with van der Waals surface area (Å²) in [5.74, 6) is -1.79. The number of fused-ring (bicyclic) bond motifs is 1. The molecule has 2 amide bonds. The van der Waals surface area contributed by atoms with E-state index >= 15 is 0 Å². The third-order valence-electron chi connectivity index (χ3n) is 3.71. The van der Waals surface area contributed by atoms with E-state index in [9.17, 15) is 22.4 Å². The van der Waals surface area contributed by atoms with Gasteiger partial charge in [0.2, 0.25) is 5.91 Å². The van der Waals surface area contributed by atoms with Gasteiger partial charge in [0.25, 0.3) is 5.91 Å². The highest BCUT2D eigenvalue weighted by Crippen LogP contribution is 2.36. The summed E-state index contributed by atoms with van der Waals surface area (Å²) in [4.78, 5) is 23.1. The van der Waals surface area contributed by atoms with Crippen molar-refractivity contribution in [2.75, 3.05) is 23.0 Å². The van der Waals surface area contributed by atoms with E-state index in [1.165, 1.54) is 30.3 Å². The van der Waals surface area contributed by atoms with Gasteiger partial charge in [0.15, 0.2) is 16.4 Å². The van der Waals surface area contributed by atoms with Crippen LogP contribution in [0.25, 0.3) is 0 Å². The molecule has 2 N–H and O–H groups in total. The summed E-state index contributed by atoms with van der Waals surface area (Å²) in [6.45, 7) is -0.232. The SMILES string of the molecule is O=C(CCS(=O)(=O)c1cc2c(cc1Cl)NC(=O)CO2)Nc1cccc(F)c1. The molecule has 0 bridgehead atoms. The average Bonchev–Trinajstić information content (AvgIpc) is 2.59. The molecular formula is C17H14ClFN2O5S. The van der Waals surface area contributed by atoms with Gasteiger partial charge in [0, 0.05) is 18.2 Å². The number of halogens is 2. The predicted octanol–water partition coefficient (Wildman–Crippen LogP) is 2.61. The monoisotopic (exact) mass is 412 g/mol. The van der Waals surface area contributed by atoms with E-state index in [4.69, 9.17) is 16.3 Å². The van der Waals surface area contributed by atoms with Crippen molar-refractivity contribution in [3.8, 4) is 5.75 Å². The molecule has 1 aliphatic heterocycles. The first-order valence-corrected chi connectivity index (χ1v) is 9.82. The number of anilines is 2. The summed E-state index contributed by atoms with van der Waals surface area (Å²) in [5.41, 5.74) is 0.507. The van der Waals surface area contributed by atoms with Crippen molar-refractivity contribution in [2.45, 2.75) is 11.3 Å². The summed E-state index contributed by atoms with van der Waals surface area (Å²) in [6.07, 6.45) is -0.343. The van der Waals surface area contributed by atoms with Crippen molar-refractivity contribution < 1.29 is 27.1 Å². The highest BCUT2D eigenvalue weighted by Gasteiger charge is 2.25. The van der Waals surface area contributed by atoms with Crippen LogP contribution in [-0.2, 0) is 19.4 Å². The molecule has 0 atom stereocenters. The van der Waals surface area contributed by atoms with Crippen LogP contribution in [0.5, 0.6) is 5.75 Å². The Morgan fingerprint density at radius 3 is 2.81 bits per heavy atom. The van der Waals surface area contributed by atoms with Crippen LogP contribution in [0.2, 0.25) is 5.02 Å². The molecule has 7 nitrogen and oxygen atoms in total. The first kappa shape index (κ1) is 19.1. The maximum absolute atomic E-state index is 13.1. The molecule has 0 fully saturated rings. The van der Waals surface area contributed by atoms with Crippen LogP contribution in [-0.4, -0.2) is 32.6 Å². The van der Waals surface area contributed by atoms with Crippen molar-refractivity contribution >= 4 is 44.6 Å². The number of carbonyl (C=O) groups is 2. The van der Waals surface area contributed by atoms with Crippen LogP contribution < -0.4 is 15.4 Å². The Morgan fingerprint density at radius 2 is 2.07 bits per heavy atom. The summed E-state index contributed by atoms with van der Waals surface area (Å²) < 4.78 is 43.4. The second kappa shape index (κ2) is 7.53. The second-order valence-corrected chi connectivity index (χ2v) is 8.23. The summed E-state index contributed by atoms with van der Waals surface area (Å²) in [6, 6.07) is 7.76. The molecule has 0 saturated heterocycles. The van der Waals surface area contributed by atoms with Gasteiger partial charge in [0.05, 0.1) is 21.4 Å². The zero-order valence-corrected chi connectivity index (χ0v) is 15.4. The van der Waals surface area contributed by atoms with E-state index in [2.05, 4.69) is 10.6 Å². The predicted molar refractivity (Wildman–Crippen MR) is 97.3 cm³/mol. The third-order valence-corrected chi connectivity index (χ3v) is 5.88. The minimum atomic E-state index is -3.89. The fraction of sp³-hybridized carbons (Fsp3) is 0.176. The molecule has 3 rings (SSSR count). The van der Waals surface area contributed by atoms with E-state index in [1.807, 2.05) is 0 Å². The molecule has 0 aromatic heterocycles. The van der Waals surface area contributed by atoms with Crippen molar-refractivity contribution in [3.63, 3.8) is 0 Å². The van der Waals surface area contributed by atoms with Crippen molar-refractivity contribution in [1.29, 1.82) is 0 Å². The molecule has 0 saturated carbocycles. The van der Waals surface area contributed by atoms with E-state index in [0.29, 0.717) is 0 Å². The second-order valence-electron chi connectivity index (χ2n) is 5.74. The van der Waals surface area contributed by atoms with E-state index in [-0.39, 0.29) is 46.0 Å². The fourth-order valence-corrected chi connectivity index (χ4v) is 4.28. The molecular weight excluding hydrogens is 399 g/mol. The lowest BCUT2D eigenvalue weighted by Gasteiger charge is -2.19. The smallest absolute Gasteiger partial charge is 0.262 e. The van der Waals surface area contributed by atoms with E-state index in [1.54, 1.807) is 0 Å². The van der Waals surface area contributed by atoms with Gasteiger partial charge in [-0.3, -0.25) is 9.59 Å². The molecule has 27 heavy (non-hydrogen) atoms. The molecule has 2 aromatic rings. The number of benzene rings is 2. The largest absolute Gasteiger partial charge is 0.482 e. The number of sulfone groups is 1. The van der Waals surface area contributed by atoms with Gasteiger partial charge in [0.1, 0.15) is 11.6 Å². The van der Waals surface area contributed by atoms with Crippen molar-refractivity contribution in [2.24, 2.45) is 0 Å². The summed E-state index contributed by atoms with van der Waals surface area (Å²) >= 11 is 6.03. The van der Waals surface area contributed by atoms with Gasteiger partial charge in [-0.1, -0.05) is 17.7 Å². The molecule has 1 aliphatic rings. The number of ether oxygens (including phenoxy) is 1. The van der Waals surface area contributed by atoms with Gasteiger partial charge in [-0.2, -0.15) is 0 Å². The summed E-state index contributed by atoms with van der Waals surface area (Å²) in [5, 5.41) is 4.86. The Bertz CT molecular complexity index is 1030. The highest BCUT2D eigenvalue weighted by molar-refractivity contribution is 7.91. The average molecular weight is 413 g/mol. The van der Waals surface area contributed by atoms with Crippen LogP contribution in [0.3, 0.4) is 0 Å². The normalized spacial score (nSPS) is 13.3. The Labute approximate surface area is 159 Å². The lowest BCUT2D eigenvalue weighted by atomic mass is 10.2. The lowest BCUT2D eigenvalue weighted by Crippen LogP contribution is -2.25. The first-order valence-electron chi connectivity index (χ1n) is 7.79. The van der Waals surface area contributed by atoms with Gasteiger partial charge in [-0.25, -0.2) is 12.8 Å². The van der Waals surface area contributed by atoms with Crippen LogP contribution in [0.4, 0.5) is 15.8 Å². The molecule has 0 aliphatic carbocycles. The summed E-state index contributed by atoms with van der Waals surface area (Å²) in [7, 11) is -3.89. The number of hydrogen-bond acceptors (Lipinski definition) is 5. The standard InChI is InChI=1S/C17H14ClFN2O5S/c18-12-7-13-14(26-9-17(23)21-13)8-15(12)27(24,25)5-4-16(22)20-11-3-1-2-10(19)6-11/h1-3,6-8H,4-5,9H2,(H,20,22)(H,21,23). The highest BCUT2D eigenvalue weighted by atomic mass is 35.5. The maximum atomic E-state index is 13.1. The number of nitrogens with one attached hydrogen (secondary N) is 2. The van der Waals surface area contributed by atoms with Gasteiger partial charge in [-0.15, -0.1) is 0 Å². The first-order chi connectivity index (χ1) is 12.7. The Balaban J connectivity index is 1.71. The van der Waals surface area contributed by atoms with E-state index < -0.39 is 27.3 Å². The molecule has 0 spiro atoms. The zero-order chi connectivity index (χ0) is 19.6. The van der Waals surface area contributed by atoms with Crippen LogP contribution >= 0.6 is 11.6 Å². The van der Waals surface area contributed by atoms with E-state index in [0.717, 1.165) is 6.07 Å². The number of rotatable bonds is 5. The zero-order valence-electron chi connectivity index (χ0n) is 13.8. The molecule has 2 aromatic carbocycles. The quantitative estimate of drug-likeness (QED) is 0.786. The molecule has 0 unspecified atom stereocenters.